The van der Waals surface area contributed by atoms with Crippen LogP contribution < -0.4 is 37.6 Å². The molecule has 1 aliphatic rings. The summed E-state index contributed by atoms with van der Waals surface area (Å²) >= 11 is 0. The smallest absolute Gasteiger partial charge is 0.407 e. The Balaban J connectivity index is 1.23. The molecule has 19 nitrogen and oxygen atoms in total. The average molecular weight is 946 g/mol. The van der Waals surface area contributed by atoms with Gasteiger partial charge in [-0.3, -0.25) is 24.0 Å². The number of benzene rings is 3. The molecule has 3 atom stereocenters. The fourth-order valence-electron chi connectivity index (χ4n) is 7.31. The summed E-state index contributed by atoms with van der Waals surface area (Å²) < 4.78 is 22.1. The molecule has 19 heteroatoms. The monoisotopic (exact) mass is 945 g/mol. The first-order chi connectivity index (χ1) is 32.4. The van der Waals surface area contributed by atoms with Crippen molar-refractivity contribution in [2.24, 2.45) is 11.7 Å². The summed E-state index contributed by atoms with van der Waals surface area (Å²) in [5.74, 6) is -3.69. The van der Waals surface area contributed by atoms with Crippen LogP contribution in [0.4, 0.5) is 15.3 Å². The van der Waals surface area contributed by atoms with Crippen LogP contribution in [-0.2, 0) is 49.5 Å². The van der Waals surface area contributed by atoms with E-state index in [2.05, 4.69) is 44.0 Å². The predicted molar refractivity (Wildman–Crippen MR) is 253 cm³/mol. The number of fused-ring (bicyclic) bond motifs is 3. The maximum atomic E-state index is 13.8. The third-order valence-corrected chi connectivity index (χ3v) is 10.7. The number of aliphatic hydroxyl groups is 1. The van der Waals surface area contributed by atoms with Crippen molar-refractivity contribution in [1.82, 2.24) is 26.6 Å². The standard InChI is InChI=1S/C49H67N7O12/c1-31(2)43(46(62)55-39(15-10-23-51-47(50)63)44(60)53-33-18-16-32(29-57)17-19-33)56-45(61)40(20-21-42(59)68-49(3,4)5)54-41(58)22-25-65-27-28-66-26-24-52-48(64)67-30-38-36-13-8-6-11-34(36)35-12-7-9-14-37(35)38/h6-9,11-14,16-19,31,38-40,43,57H,10,15,20-30H2,1-5H3,(H,52,64)(H,53,60)(H,54,58)(H,55,62)(H,56,61)(H3,50,51,63)/t39-,40-,43-/m0/s1. The Morgan fingerprint density at radius 3 is 1.91 bits per heavy atom. The second kappa shape index (κ2) is 27.3. The fraction of sp³-hybridized carbons (Fsp3) is 0.490. The lowest BCUT2D eigenvalue weighted by Gasteiger charge is -2.27. The van der Waals surface area contributed by atoms with Gasteiger partial charge in [0, 0.05) is 37.5 Å². The number of hydrogen-bond donors (Lipinski definition) is 8. The van der Waals surface area contributed by atoms with E-state index in [9.17, 15) is 38.7 Å². The summed E-state index contributed by atoms with van der Waals surface area (Å²) in [6.07, 6.45) is -0.711. The molecule has 7 amide bonds. The summed E-state index contributed by atoms with van der Waals surface area (Å²) in [7, 11) is 0. The number of rotatable bonds is 27. The van der Waals surface area contributed by atoms with Crippen LogP contribution in [0.3, 0.4) is 0 Å². The first-order valence-electron chi connectivity index (χ1n) is 22.9. The first kappa shape index (κ1) is 54.0. The Morgan fingerprint density at radius 1 is 0.691 bits per heavy atom. The zero-order chi connectivity index (χ0) is 49.6. The molecular weight excluding hydrogens is 879 g/mol. The molecule has 0 fully saturated rings. The number of carbonyl (C=O) groups excluding carboxylic acids is 7. The Bertz CT molecular complexity index is 2120. The molecule has 9 N–H and O–H groups in total. The van der Waals surface area contributed by atoms with Crippen molar-refractivity contribution >= 4 is 47.4 Å². The van der Waals surface area contributed by atoms with Crippen LogP contribution in [-0.4, -0.2) is 117 Å². The van der Waals surface area contributed by atoms with Gasteiger partial charge in [0.25, 0.3) is 0 Å². The van der Waals surface area contributed by atoms with E-state index in [1.54, 1.807) is 58.9 Å². The Morgan fingerprint density at radius 2 is 1.31 bits per heavy atom. The highest BCUT2D eigenvalue weighted by molar-refractivity contribution is 5.99. The van der Waals surface area contributed by atoms with Gasteiger partial charge < -0.3 is 61.7 Å². The summed E-state index contributed by atoms with van der Waals surface area (Å²) in [5, 5.41) is 25.3. The van der Waals surface area contributed by atoms with E-state index in [4.69, 9.17) is 24.7 Å². The SMILES string of the molecule is CC(C)[C@H](NC(=O)[C@H](CCC(=O)OC(C)(C)C)NC(=O)CCOCCOCCNC(=O)OCC1c2ccccc2-c2ccccc21)C(=O)N[C@@H](CCCNC(N)=O)C(=O)Nc1ccc(CO)cc1. The molecule has 0 saturated heterocycles. The van der Waals surface area contributed by atoms with E-state index in [1.165, 1.54) is 0 Å². The number of esters is 1. The number of anilines is 1. The van der Waals surface area contributed by atoms with Gasteiger partial charge in [-0.25, -0.2) is 9.59 Å². The molecule has 0 radical (unpaired) electrons. The highest BCUT2D eigenvalue weighted by Gasteiger charge is 2.33. The number of carbonyl (C=O) groups is 7. The van der Waals surface area contributed by atoms with Crippen molar-refractivity contribution in [1.29, 1.82) is 0 Å². The molecule has 0 aromatic heterocycles. The second-order valence-corrected chi connectivity index (χ2v) is 17.5. The zero-order valence-corrected chi connectivity index (χ0v) is 39.5. The van der Waals surface area contributed by atoms with Crippen LogP contribution in [0.15, 0.2) is 72.8 Å². The lowest BCUT2D eigenvalue weighted by atomic mass is 9.98. The molecule has 0 bridgehead atoms. The number of urea groups is 1. The van der Waals surface area contributed by atoms with E-state index >= 15 is 0 Å². The quantitative estimate of drug-likeness (QED) is 0.0401. The number of nitrogens with two attached hydrogens (primary N) is 1. The molecule has 370 valence electrons. The third-order valence-electron chi connectivity index (χ3n) is 10.7. The molecule has 0 spiro atoms. The van der Waals surface area contributed by atoms with Crippen molar-refractivity contribution in [3.05, 3.63) is 89.5 Å². The van der Waals surface area contributed by atoms with Gasteiger partial charge in [0.05, 0.1) is 33.0 Å². The number of alkyl carbamates (subject to hydrolysis) is 1. The highest BCUT2D eigenvalue weighted by Crippen LogP contribution is 2.44. The normalized spacial score (nSPS) is 13.2. The van der Waals surface area contributed by atoms with Crippen molar-refractivity contribution in [2.45, 2.75) is 103 Å². The summed E-state index contributed by atoms with van der Waals surface area (Å²) in [6.45, 7) is 9.33. The minimum absolute atomic E-state index is 0.0192. The molecule has 0 heterocycles. The van der Waals surface area contributed by atoms with E-state index in [0.717, 1.165) is 22.3 Å². The molecular formula is C49H67N7O12. The van der Waals surface area contributed by atoms with Gasteiger partial charge in [-0.1, -0.05) is 74.5 Å². The molecule has 1 aliphatic carbocycles. The molecule has 3 aromatic rings. The molecule has 0 aliphatic heterocycles. The predicted octanol–water partition coefficient (Wildman–Crippen LogP) is 3.76. The van der Waals surface area contributed by atoms with Gasteiger partial charge in [0.1, 0.15) is 30.3 Å². The first-order valence-corrected chi connectivity index (χ1v) is 22.9. The van der Waals surface area contributed by atoms with Crippen molar-refractivity contribution in [3.8, 4) is 11.1 Å². The van der Waals surface area contributed by atoms with Crippen LogP contribution >= 0.6 is 0 Å². The van der Waals surface area contributed by atoms with Crippen LogP contribution in [0.25, 0.3) is 11.1 Å². The minimum Gasteiger partial charge on any atom is -0.460 e. The fourth-order valence-corrected chi connectivity index (χ4v) is 7.31. The maximum absolute atomic E-state index is 13.8. The number of nitrogens with one attached hydrogen (secondary N) is 6. The Hall–Kier alpha value is -6.57. The van der Waals surface area contributed by atoms with Crippen LogP contribution in [0.1, 0.15) is 89.3 Å². The lowest BCUT2D eigenvalue weighted by molar-refractivity contribution is -0.155. The van der Waals surface area contributed by atoms with Gasteiger partial charge in [-0.05, 0) is 85.9 Å². The van der Waals surface area contributed by atoms with E-state index in [1.807, 2.05) is 36.4 Å². The summed E-state index contributed by atoms with van der Waals surface area (Å²) in [4.78, 5) is 90.5. The van der Waals surface area contributed by atoms with Gasteiger partial charge in [0.15, 0.2) is 0 Å². The van der Waals surface area contributed by atoms with E-state index in [-0.39, 0.29) is 90.8 Å². The number of ether oxygens (including phenoxy) is 4. The van der Waals surface area contributed by atoms with Crippen molar-refractivity contribution < 1.29 is 57.6 Å². The Labute approximate surface area is 397 Å². The molecule has 4 rings (SSSR count). The molecule has 3 aromatic carbocycles. The number of amides is 7. The second-order valence-electron chi connectivity index (χ2n) is 17.5. The minimum atomic E-state index is -1.25. The Kier molecular flexibility index (Phi) is 21.7. The van der Waals surface area contributed by atoms with Crippen LogP contribution in [0, 0.1) is 5.92 Å². The number of primary amides is 1. The number of aliphatic hydroxyl groups excluding tert-OH is 1. The van der Waals surface area contributed by atoms with Crippen molar-refractivity contribution in [2.75, 3.05) is 51.4 Å². The topological polar surface area (TPSA) is 275 Å². The number of hydrogen-bond acceptors (Lipinski definition) is 12. The highest BCUT2D eigenvalue weighted by atomic mass is 16.6. The summed E-state index contributed by atoms with van der Waals surface area (Å²) in [6, 6.07) is 18.3. The average Bonchev–Trinajstić information content (AvgIpc) is 3.61. The summed E-state index contributed by atoms with van der Waals surface area (Å²) in [5.41, 5.74) is 9.95. The third kappa shape index (κ3) is 18.3. The van der Waals surface area contributed by atoms with Gasteiger partial charge >= 0.3 is 18.1 Å². The molecule has 68 heavy (non-hydrogen) atoms. The van der Waals surface area contributed by atoms with Gasteiger partial charge in [-0.2, -0.15) is 0 Å². The zero-order valence-electron chi connectivity index (χ0n) is 39.5. The van der Waals surface area contributed by atoms with Crippen LogP contribution in [0.5, 0.6) is 0 Å². The lowest BCUT2D eigenvalue weighted by Crippen LogP contribution is -2.58. The van der Waals surface area contributed by atoms with Crippen molar-refractivity contribution in [3.63, 3.8) is 0 Å². The largest absolute Gasteiger partial charge is 0.460 e. The van der Waals surface area contributed by atoms with E-state index < -0.39 is 71.4 Å². The van der Waals surface area contributed by atoms with E-state index in [0.29, 0.717) is 11.3 Å². The van der Waals surface area contributed by atoms with Gasteiger partial charge in [0.2, 0.25) is 23.6 Å². The molecule has 0 saturated carbocycles. The van der Waals surface area contributed by atoms with Gasteiger partial charge in [-0.15, -0.1) is 0 Å². The van der Waals surface area contributed by atoms with Crippen LogP contribution in [0.2, 0.25) is 0 Å². The maximum Gasteiger partial charge on any atom is 0.407 e. The molecule has 0 unspecified atom stereocenters.